The summed E-state index contributed by atoms with van der Waals surface area (Å²) in [5.74, 6) is 1.54. The number of carbonyl (C=O) groups excluding carboxylic acids is 1. The smallest absolute Gasteiger partial charge is 0.293 e. The second-order valence-electron chi connectivity index (χ2n) is 9.20. The van der Waals surface area contributed by atoms with Gasteiger partial charge in [0, 0.05) is 24.9 Å². The van der Waals surface area contributed by atoms with Gasteiger partial charge in [0.1, 0.15) is 12.4 Å². The van der Waals surface area contributed by atoms with Gasteiger partial charge in [-0.05, 0) is 67.7 Å². The van der Waals surface area contributed by atoms with E-state index < -0.39 is 0 Å². The number of carbonyl (C=O) groups is 1. The van der Waals surface area contributed by atoms with Crippen molar-refractivity contribution in [3.8, 4) is 28.4 Å². The van der Waals surface area contributed by atoms with E-state index in [-0.39, 0.29) is 24.5 Å². The van der Waals surface area contributed by atoms with Crippen molar-refractivity contribution in [3.05, 3.63) is 97.3 Å². The Morgan fingerprint density at radius 1 is 1.00 bits per heavy atom. The van der Waals surface area contributed by atoms with E-state index in [4.69, 9.17) is 23.7 Å². The molecule has 0 radical (unpaired) electrons. The summed E-state index contributed by atoms with van der Waals surface area (Å²) >= 11 is 0. The van der Waals surface area contributed by atoms with E-state index in [9.17, 15) is 4.79 Å². The number of hydrogen-bond donors (Lipinski definition) is 0. The van der Waals surface area contributed by atoms with Crippen LogP contribution in [0.2, 0.25) is 0 Å². The molecule has 1 aliphatic rings. The van der Waals surface area contributed by atoms with Crippen LogP contribution in [-0.2, 0) is 14.3 Å². The van der Waals surface area contributed by atoms with Crippen LogP contribution in [0.4, 0.5) is 5.69 Å². The number of hydrogen-bond acceptors (Lipinski definition) is 6. The second kappa shape index (κ2) is 14.9. The molecule has 1 fully saturated rings. The number of allylic oxidation sites excluding steroid dienone is 1. The minimum Gasteiger partial charge on any atom is -0.493 e. The SMILES string of the molecule is C=CCN(C(=O)/C(=C/C)Oc1ccc(-c2ccccc2)cc1)c1ccc(OCCOC2CCCCO2)c(OC)c1. The Morgan fingerprint density at radius 3 is 2.45 bits per heavy atom. The molecule has 7 nitrogen and oxygen atoms in total. The normalized spacial score (nSPS) is 15.2. The summed E-state index contributed by atoms with van der Waals surface area (Å²) < 4.78 is 28.8. The van der Waals surface area contributed by atoms with Gasteiger partial charge in [0.15, 0.2) is 23.5 Å². The summed E-state index contributed by atoms with van der Waals surface area (Å²) in [5.41, 5.74) is 2.81. The van der Waals surface area contributed by atoms with Gasteiger partial charge in [0.05, 0.1) is 13.7 Å². The third-order valence-corrected chi connectivity index (χ3v) is 6.46. The standard InChI is InChI=1S/C33H37NO6/c1-4-20-34(27-16-19-30(31(24-27)36-3)37-22-23-39-32-13-9-10-21-38-32)33(35)29(5-2)40-28-17-14-26(15-18-28)25-11-7-6-8-12-25/h4-8,11-12,14-19,24,32H,1,9-10,13,20-23H2,2-3H3/b29-5-. The van der Waals surface area contributed by atoms with Gasteiger partial charge in [-0.3, -0.25) is 4.79 Å². The Bertz CT molecular complexity index is 1270. The molecule has 1 unspecified atom stereocenters. The Morgan fingerprint density at radius 2 is 1.77 bits per heavy atom. The molecule has 3 aromatic carbocycles. The zero-order valence-electron chi connectivity index (χ0n) is 23.2. The lowest BCUT2D eigenvalue weighted by Crippen LogP contribution is -2.33. The molecule has 0 saturated carbocycles. The molecule has 0 aliphatic carbocycles. The maximum atomic E-state index is 13.6. The second-order valence-corrected chi connectivity index (χ2v) is 9.20. The fraction of sp³-hybridized carbons (Fsp3) is 0.303. The predicted molar refractivity (Wildman–Crippen MR) is 157 cm³/mol. The summed E-state index contributed by atoms with van der Waals surface area (Å²) in [6, 6.07) is 23.1. The van der Waals surface area contributed by atoms with Gasteiger partial charge in [-0.2, -0.15) is 0 Å². The first-order valence-corrected chi connectivity index (χ1v) is 13.6. The molecule has 1 aliphatic heterocycles. The van der Waals surface area contributed by atoms with Gasteiger partial charge in [0.25, 0.3) is 5.91 Å². The first-order valence-electron chi connectivity index (χ1n) is 13.6. The van der Waals surface area contributed by atoms with Crippen LogP contribution < -0.4 is 19.1 Å². The van der Waals surface area contributed by atoms with E-state index >= 15 is 0 Å². The third-order valence-electron chi connectivity index (χ3n) is 6.46. The van der Waals surface area contributed by atoms with Crippen LogP contribution in [0.15, 0.2) is 97.3 Å². The highest BCUT2D eigenvalue weighted by Crippen LogP contribution is 2.33. The number of nitrogens with zero attached hydrogens (tertiary/aromatic N) is 1. The van der Waals surface area contributed by atoms with Gasteiger partial charge in [-0.1, -0.05) is 48.5 Å². The first-order chi connectivity index (χ1) is 19.6. The number of rotatable bonds is 13. The van der Waals surface area contributed by atoms with Crippen LogP contribution in [0.1, 0.15) is 26.2 Å². The van der Waals surface area contributed by atoms with Crippen LogP contribution >= 0.6 is 0 Å². The largest absolute Gasteiger partial charge is 0.493 e. The highest BCUT2D eigenvalue weighted by molar-refractivity contribution is 6.04. The van der Waals surface area contributed by atoms with Crippen molar-refractivity contribution in [2.24, 2.45) is 0 Å². The molecule has 0 aromatic heterocycles. The van der Waals surface area contributed by atoms with E-state index in [0.717, 1.165) is 37.0 Å². The van der Waals surface area contributed by atoms with Crippen LogP contribution in [0.25, 0.3) is 11.1 Å². The number of methoxy groups -OCH3 is 1. The fourth-order valence-electron chi connectivity index (χ4n) is 4.38. The quantitative estimate of drug-likeness (QED) is 0.102. The van der Waals surface area contributed by atoms with Crippen molar-refractivity contribution >= 4 is 11.6 Å². The molecular formula is C33H37NO6. The van der Waals surface area contributed by atoms with Gasteiger partial charge in [-0.15, -0.1) is 6.58 Å². The van der Waals surface area contributed by atoms with Crippen LogP contribution in [-0.4, -0.2) is 45.7 Å². The number of ether oxygens (including phenoxy) is 5. The molecule has 1 amide bonds. The topological polar surface area (TPSA) is 66.5 Å². The maximum absolute atomic E-state index is 13.6. The Kier molecular flexibility index (Phi) is 10.8. The van der Waals surface area contributed by atoms with Gasteiger partial charge < -0.3 is 28.6 Å². The van der Waals surface area contributed by atoms with Gasteiger partial charge >= 0.3 is 0 Å². The van der Waals surface area contributed by atoms with Crippen molar-refractivity contribution in [3.63, 3.8) is 0 Å². The molecule has 0 bridgehead atoms. The molecule has 3 aromatic rings. The van der Waals surface area contributed by atoms with E-state index in [1.165, 1.54) is 0 Å². The van der Waals surface area contributed by atoms with Crippen LogP contribution in [0, 0.1) is 0 Å². The maximum Gasteiger partial charge on any atom is 0.293 e. The van der Waals surface area contributed by atoms with Crippen molar-refractivity contribution < 1.29 is 28.5 Å². The van der Waals surface area contributed by atoms with Crippen molar-refractivity contribution in [2.45, 2.75) is 32.5 Å². The highest BCUT2D eigenvalue weighted by Gasteiger charge is 2.22. The summed E-state index contributed by atoms with van der Waals surface area (Å²) in [7, 11) is 1.57. The van der Waals surface area contributed by atoms with E-state index in [1.54, 1.807) is 43.2 Å². The lowest BCUT2D eigenvalue weighted by molar-refractivity contribution is -0.165. The Hall–Kier alpha value is -4.07. The Balaban J connectivity index is 1.41. The van der Waals surface area contributed by atoms with Crippen molar-refractivity contribution in [1.82, 2.24) is 0 Å². The zero-order valence-corrected chi connectivity index (χ0v) is 23.2. The predicted octanol–water partition coefficient (Wildman–Crippen LogP) is 6.79. The molecule has 1 heterocycles. The monoisotopic (exact) mass is 543 g/mol. The molecule has 1 saturated heterocycles. The first kappa shape index (κ1) is 28.9. The number of anilines is 1. The molecule has 4 rings (SSSR count). The lowest BCUT2D eigenvalue weighted by Gasteiger charge is -2.24. The molecular weight excluding hydrogens is 506 g/mol. The summed E-state index contributed by atoms with van der Waals surface area (Å²) in [4.78, 5) is 15.2. The zero-order chi connectivity index (χ0) is 28.2. The molecule has 210 valence electrons. The molecule has 1 atom stereocenters. The summed E-state index contributed by atoms with van der Waals surface area (Å²) in [6.45, 7) is 7.38. The van der Waals surface area contributed by atoms with E-state index in [0.29, 0.717) is 36.1 Å². The van der Waals surface area contributed by atoms with E-state index in [2.05, 4.69) is 18.7 Å². The summed E-state index contributed by atoms with van der Waals surface area (Å²) in [6.07, 6.45) is 6.26. The number of benzene rings is 3. The highest BCUT2D eigenvalue weighted by atomic mass is 16.7. The van der Waals surface area contributed by atoms with Crippen molar-refractivity contribution in [1.29, 1.82) is 0 Å². The van der Waals surface area contributed by atoms with Crippen LogP contribution in [0.5, 0.6) is 17.2 Å². The molecule has 0 spiro atoms. The molecule has 0 N–H and O–H groups in total. The molecule has 40 heavy (non-hydrogen) atoms. The Labute approximate surface area is 236 Å². The third kappa shape index (κ3) is 7.74. The van der Waals surface area contributed by atoms with Gasteiger partial charge in [0.2, 0.25) is 0 Å². The van der Waals surface area contributed by atoms with E-state index in [1.807, 2.05) is 48.5 Å². The van der Waals surface area contributed by atoms with Crippen LogP contribution in [0.3, 0.4) is 0 Å². The lowest BCUT2D eigenvalue weighted by atomic mass is 10.1. The summed E-state index contributed by atoms with van der Waals surface area (Å²) in [5, 5.41) is 0. The average Bonchev–Trinajstić information content (AvgIpc) is 3.01. The van der Waals surface area contributed by atoms with Crippen molar-refractivity contribution in [2.75, 3.05) is 38.4 Å². The number of amides is 1. The minimum atomic E-state index is -0.300. The molecule has 7 heteroatoms. The average molecular weight is 544 g/mol. The van der Waals surface area contributed by atoms with Gasteiger partial charge in [-0.25, -0.2) is 0 Å². The minimum absolute atomic E-state index is 0.162. The fourth-order valence-corrected chi connectivity index (χ4v) is 4.38.